The van der Waals surface area contributed by atoms with Gasteiger partial charge in [0.1, 0.15) is 5.75 Å². The van der Waals surface area contributed by atoms with Gasteiger partial charge in [0.15, 0.2) is 0 Å². The molecule has 144 valence electrons. The fourth-order valence-electron chi connectivity index (χ4n) is 3.22. The van der Waals surface area contributed by atoms with Crippen LogP contribution in [0.25, 0.3) is 16.5 Å². The van der Waals surface area contributed by atoms with E-state index in [1.165, 1.54) is 0 Å². The molecule has 0 saturated heterocycles. The van der Waals surface area contributed by atoms with Gasteiger partial charge in [0.2, 0.25) is 0 Å². The number of fused-ring (bicyclic) bond motifs is 1. The SMILES string of the molecule is COc1ccc2cc(/C(C)=N/NC(=O)c3ccccc3-n3cccc3)ccc2c1. The third-order valence-corrected chi connectivity index (χ3v) is 4.82. The Balaban J connectivity index is 1.56. The maximum Gasteiger partial charge on any atom is 0.273 e. The van der Waals surface area contributed by atoms with Crippen molar-refractivity contribution in [2.24, 2.45) is 5.10 Å². The molecule has 0 radical (unpaired) electrons. The standard InChI is InChI=1S/C24H21N3O2/c1-17(18-9-10-20-16-21(29-2)12-11-19(20)15-18)25-26-24(28)22-7-3-4-8-23(22)27-13-5-6-14-27/h3-16H,1-2H3,(H,26,28)/b25-17+. The number of hydrogen-bond donors (Lipinski definition) is 1. The van der Waals surface area contributed by atoms with Crippen LogP contribution in [0.2, 0.25) is 0 Å². The minimum absolute atomic E-state index is 0.251. The van der Waals surface area contributed by atoms with Crippen molar-refractivity contribution in [1.82, 2.24) is 9.99 Å². The molecule has 4 rings (SSSR count). The number of para-hydroxylation sites is 1. The minimum atomic E-state index is -0.251. The first-order valence-electron chi connectivity index (χ1n) is 9.31. The first-order chi connectivity index (χ1) is 14.2. The van der Waals surface area contributed by atoms with Crippen LogP contribution in [-0.4, -0.2) is 23.3 Å². The molecule has 0 spiro atoms. The van der Waals surface area contributed by atoms with Crippen LogP contribution < -0.4 is 10.2 Å². The fraction of sp³-hybridized carbons (Fsp3) is 0.0833. The Morgan fingerprint density at radius 2 is 1.66 bits per heavy atom. The lowest BCUT2D eigenvalue weighted by Crippen LogP contribution is -2.21. The van der Waals surface area contributed by atoms with Crippen LogP contribution in [0.4, 0.5) is 0 Å². The second-order valence-electron chi connectivity index (χ2n) is 6.67. The van der Waals surface area contributed by atoms with Crippen molar-refractivity contribution >= 4 is 22.4 Å². The number of amides is 1. The Kier molecular flexibility index (Phi) is 5.12. The van der Waals surface area contributed by atoms with Crippen LogP contribution in [0.5, 0.6) is 5.75 Å². The number of rotatable bonds is 5. The maximum atomic E-state index is 12.7. The summed E-state index contributed by atoms with van der Waals surface area (Å²) in [5.74, 6) is 0.573. The van der Waals surface area contributed by atoms with Gasteiger partial charge >= 0.3 is 0 Å². The van der Waals surface area contributed by atoms with E-state index in [0.29, 0.717) is 5.56 Å². The molecule has 3 aromatic carbocycles. The molecule has 5 heteroatoms. The van der Waals surface area contributed by atoms with Gasteiger partial charge < -0.3 is 9.30 Å². The molecule has 29 heavy (non-hydrogen) atoms. The number of aromatic nitrogens is 1. The number of nitrogens with one attached hydrogen (secondary N) is 1. The Hall–Kier alpha value is -3.86. The lowest BCUT2D eigenvalue weighted by Gasteiger charge is -2.10. The van der Waals surface area contributed by atoms with Crippen LogP contribution in [0.1, 0.15) is 22.8 Å². The lowest BCUT2D eigenvalue weighted by molar-refractivity contribution is 0.0955. The number of hydrogen-bond acceptors (Lipinski definition) is 3. The third kappa shape index (κ3) is 3.89. The van der Waals surface area contributed by atoms with Crippen LogP contribution in [0.3, 0.4) is 0 Å². The van der Waals surface area contributed by atoms with Crippen LogP contribution >= 0.6 is 0 Å². The first kappa shape index (κ1) is 18.5. The minimum Gasteiger partial charge on any atom is -0.497 e. The Bertz CT molecular complexity index is 1190. The highest BCUT2D eigenvalue weighted by atomic mass is 16.5. The topological polar surface area (TPSA) is 55.6 Å². The predicted octanol–water partition coefficient (Wildman–Crippen LogP) is 4.79. The Labute approximate surface area is 169 Å². The van der Waals surface area contributed by atoms with E-state index >= 15 is 0 Å². The van der Waals surface area contributed by atoms with Gasteiger partial charge in [-0.2, -0.15) is 5.10 Å². The summed E-state index contributed by atoms with van der Waals surface area (Å²) in [7, 11) is 1.66. The van der Waals surface area contributed by atoms with Crippen molar-refractivity contribution in [2.45, 2.75) is 6.92 Å². The summed E-state index contributed by atoms with van der Waals surface area (Å²) in [4.78, 5) is 12.7. The number of methoxy groups -OCH3 is 1. The second kappa shape index (κ2) is 8.02. The molecule has 0 atom stereocenters. The predicted molar refractivity (Wildman–Crippen MR) is 116 cm³/mol. The van der Waals surface area contributed by atoms with Gasteiger partial charge in [0.05, 0.1) is 24.1 Å². The molecule has 4 aromatic rings. The van der Waals surface area contributed by atoms with Crippen LogP contribution in [0.15, 0.2) is 90.3 Å². The molecular formula is C24H21N3O2. The van der Waals surface area contributed by atoms with E-state index in [1.54, 1.807) is 13.2 Å². The van der Waals surface area contributed by atoms with Gasteiger partial charge in [-0.15, -0.1) is 0 Å². The van der Waals surface area contributed by atoms with E-state index in [4.69, 9.17) is 4.74 Å². The Morgan fingerprint density at radius 3 is 2.45 bits per heavy atom. The highest BCUT2D eigenvalue weighted by Gasteiger charge is 2.11. The molecule has 5 nitrogen and oxygen atoms in total. The van der Waals surface area contributed by atoms with Crippen molar-refractivity contribution in [1.29, 1.82) is 0 Å². The number of ether oxygens (including phenoxy) is 1. The molecule has 1 heterocycles. The molecule has 0 fully saturated rings. The van der Waals surface area contributed by atoms with Crippen molar-refractivity contribution in [3.8, 4) is 11.4 Å². The van der Waals surface area contributed by atoms with E-state index in [-0.39, 0.29) is 5.91 Å². The highest BCUT2D eigenvalue weighted by Crippen LogP contribution is 2.22. The van der Waals surface area contributed by atoms with Crippen molar-refractivity contribution in [3.05, 3.63) is 96.3 Å². The zero-order chi connectivity index (χ0) is 20.2. The molecule has 1 N–H and O–H groups in total. The smallest absolute Gasteiger partial charge is 0.273 e. The van der Waals surface area contributed by atoms with Crippen molar-refractivity contribution in [2.75, 3.05) is 7.11 Å². The van der Waals surface area contributed by atoms with E-state index in [1.807, 2.05) is 90.6 Å². The van der Waals surface area contributed by atoms with Crippen molar-refractivity contribution < 1.29 is 9.53 Å². The monoisotopic (exact) mass is 383 g/mol. The summed E-state index contributed by atoms with van der Waals surface area (Å²) in [5, 5.41) is 6.49. The maximum absolute atomic E-state index is 12.7. The average molecular weight is 383 g/mol. The first-order valence-corrected chi connectivity index (χ1v) is 9.31. The summed E-state index contributed by atoms with van der Waals surface area (Å²) in [6, 6.07) is 23.3. The van der Waals surface area contributed by atoms with Gasteiger partial charge in [-0.3, -0.25) is 4.79 Å². The summed E-state index contributed by atoms with van der Waals surface area (Å²) in [5.41, 5.74) is 5.73. The quantitative estimate of drug-likeness (QED) is 0.398. The van der Waals surface area contributed by atoms with Crippen LogP contribution in [-0.2, 0) is 0 Å². The summed E-state index contributed by atoms with van der Waals surface area (Å²) in [6.07, 6.45) is 3.81. The summed E-state index contributed by atoms with van der Waals surface area (Å²) in [6.45, 7) is 1.88. The zero-order valence-corrected chi connectivity index (χ0v) is 16.3. The average Bonchev–Trinajstić information content (AvgIpc) is 3.31. The molecule has 1 aromatic heterocycles. The lowest BCUT2D eigenvalue weighted by atomic mass is 10.0. The highest BCUT2D eigenvalue weighted by molar-refractivity contribution is 6.04. The molecule has 0 bridgehead atoms. The molecule has 1 amide bonds. The molecular weight excluding hydrogens is 362 g/mol. The molecule has 0 saturated carbocycles. The van der Waals surface area contributed by atoms with E-state index in [2.05, 4.69) is 10.5 Å². The molecule has 0 aliphatic heterocycles. The fourth-order valence-corrected chi connectivity index (χ4v) is 3.22. The van der Waals surface area contributed by atoms with Gasteiger partial charge in [-0.05, 0) is 65.7 Å². The normalized spacial score (nSPS) is 11.4. The number of hydrazone groups is 1. The number of nitrogens with zero attached hydrogens (tertiary/aromatic N) is 2. The Morgan fingerprint density at radius 1 is 0.931 bits per heavy atom. The zero-order valence-electron chi connectivity index (χ0n) is 16.3. The number of benzene rings is 3. The number of carbonyl (C=O) groups excluding carboxylic acids is 1. The van der Waals surface area contributed by atoms with E-state index in [0.717, 1.165) is 33.5 Å². The van der Waals surface area contributed by atoms with Gasteiger partial charge in [0, 0.05) is 12.4 Å². The molecule has 0 unspecified atom stereocenters. The molecule has 0 aliphatic rings. The van der Waals surface area contributed by atoms with Crippen LogP contribution in [0, 0.1) is 0 Å². The number of carbonyl (C=O) groups is 1. The largest absolute Gasteiger partial charge is 0.497 e. The van der Waals surface area contributed by atoms with E-state index < -0.39 is 0 Å². The second-order valence-corrected chi connectivity index (χ2v) is 6.67. The van der Waals surface area contributed by atoms with E-state index in [9.17, 15) is 4.79 Å². The van der Waals surface area contributed by atoms with Gasteiger partial charge in [0.25, 0.3) is 5.91 Å². The van der Waals surface area contributed by atoms with Gasteiger partial charge in [-0.25, -0.2) is 5.43 Å². The summed E-state index contributed by atoms with van der Waals surface area (Å²) < 4.78 is 7.18. The van der Waals surface area contributed by atoms with Gasteiger partial charge in [-0.1, -0.05) is 30.3 Å². The third-order valence-electron chi connectivity index (χ3n) is 4.82. The molecule has 0 aliphatic carbocycles. The summed E-state index contributed by atoms with van der Waals surface area (Å²) >= 11 is 0. The van der Waals surface area contributed by atoms with Crippen molar-refractivity contribution in [3.63, 3.8) is 0 Å².